The predicted molar refractivity (Wildman–Crippen MR) is 122 cm³/mol. The number of carbonyl (C=O) groups is 2. The zero-order valence-electron chi connectivity index (χ0n) is 17.4. The summed E-state index contributed by atoms with van der Waals surface area (Å²) in [7, 11) is 1.69. The van der Waals surface area contributed by atoms with E-state index in [9.17, 15) is 9.59 Å². The summed E-state index contributed by atoms with van der Waals surface area (Å²) in [5.41, 5.74) is 3.80. The number of rotatable bonds is 7. The Morgan fingerprint density at radius 1 is 1.09 bits per heavy atom. The first-order valence-corrected chi connectivity index (χ1v) is 10.3. The number of benzene rings is 2. The molecule has 0 saturated heterocycles. The minimum Gasteiger partial charge on any atom is -0.472 e. The van der Waals surface area contributed by atoms with Gasteiger partial charge in [0.1, 0.15) is 6.26 Å². The topological polar surface area (TPSA) is 80.4 Å². The van der Waals surface area contributed by atoms with Crippen LogP contribution in [0.2, 0.25) is 5.02 Å². The highest BCUT2D eigenvalue weighted by atomic mass is 35.5. The van der Waals surface area contributed by atoms with Gasteiger partial charge in [-0.15, -0.1) is 0 Å². The van der Waals surface area contributed by atoms with E-state index in [-0.39, 0.29) is 18.4 Å². The van der Waals surface area contributed by atoms with Gasteiger partial charge in [0.05, 0.1) is 29.8 Å². The molecule has 0 unspecified atom stereocenters. The van der Waals surface area contributed by atoms with E-state index in [0.29, 0.717) is 17.1 Å². The molecule has 0 aliphatic carbocycles. The maximum absolute atomic E-state index is 12.6. The van der Waals surface area contributed by atoms with Crippen molar-refractivity contribution in [3.8, 4) is 16.9 Å². The lowest BCUT2D eigenvalue weighted by Gasteiger charge is -2.17. The molecule has 32 heavy (non-hydrogen) atoms. The van der Waals surface area contributed by atoms with Crippen LogP contribution >= 0.6 is 11.6 Å². The van der Waals surface area contributed by atoms with Gasteiger partial charge >= 0.3 is 0 Å². The molecule has 2 aromatic heterocycles. The second-order valence-electron chi connectivity index (χ2n) is 7.23. The molecule has 2 heterocycles. The molecule has 4 aromatic rings. The summed E-state index contributed by atoms with van der Waals surface area (Å²) in [6, 6.07) is 18.7. The number of carbonyl (C=O) groups excluding carboxylic acids is 2. The van der Waals surface area contributed by atoms with Crippen molar-refractivity contribution in [2.45, 2.75) is 6.54 Å². The zero-order chi connectivity index (χ0) is 22.5. The average molecular weight is 449 g/mol. The molecule has 0 spiro atoms. The molecule has 2 aromatic carbocycles. The Morgan fingerprint density at radius 2 is 1.84 bits per heavy atom. The summed E-state index contributed by atoms with van der Waals surface area (Å²) in [6.07, 6.45) is 4.65. The van der Waals surface area contributed by atoms with E-state index in [4.69, 9.17) is 21.1 Å². The van der Waals surface area contributed by atoms with Crippen molar-refractivity contribution >= 4 is 23.4 Å². The largest absolute Gasteiger partial charge is 0.472 e. The van der Waals surface area contributed by atoms with Gasteiger partial charge in [-0.3, -0.25) is 9.59 Å². The molecule has 0 bridgehead atoms. The summed E-state index contributed by atoms with van der Waals surface area (Å²) in [5, 5.41) is 8.00. The lowest BCUT2D eigenvalue weighted by atomic mass is 10.1. The monoisotopic (exact) mass is 448 g/mol. The number of para-hydroxylation sites is 1. The molecule has 0 radical (unpaired) electrons. The summed E-state index contributed by atoms with van der Waals surface area (Å²) in [4.78, 5) is 26.2. The van der Waals surface area contributed by atoms with E-state index in [1.54, 1.807) is 22.7 Å². The Kier molecular flexibility index (Phi) is 6.37. The van der Waals surface area contributed by atoms with E-state index >= 15 is 0 Å². The second-order valence-corrected chi connectivity index (χ2v) is 7.67. The number of amides is 2. The molecule has 162 valence electrons. The molecule has 0 atom stereocenters. The van der Waals surface area contributed by atoms with E-state index in [0.717, 1.165) is 22.5 Å². The van der Waals surface area contributed by atoms with Crippen molar-refractivity contribution in [3.05, 3.63) is 95.5 Å². The third kappa shape index (κ3) is 4.90. The van der Waals surface area contributed by atoms with Crippen molar-refractivity contribution < 1.29 is 14.0 Å². The molecule has 7 nitrogen and oxygen atoms in total. The first kappa shape index (κ1) is 21.4. The highest BCUT2D eigenvalue weighted by Gasteiger charge is 2.18. The SMILES string of the molecule is CN(Cc1cn(-c2ccccc2)nc1-c1ccc(Cl)cc1)C(=O)CNC(=O)c1ccoc1. The number of hydrogen-bond donors (Lipinski definition) is 1. The van der Waals surface area contributed by atoms with Gasteiger partial charge in [0.25, 0.3) is 5.91 Å². The number of nitrogens with one attached hydrogen (secondary N) is 1. The van der Waals surface area contributed by atoms with Crippen LogP contribution in [0.3, 0.4) is 0 Å². The number of likely N-dealkylation sites (N-methyl/N-ethyl adjacent to an activating group) is 1. The van der Waals surface area contributed by atoms with E-state index in [1.807, 2.05) is 60.8 Å². The van der Waals surface area contributed by atoms with Crippen LogP contribution in [-0.4, -0.2) is 40.1 Å². The number of nitrogens with zero attached hydrogens (tertiary/aromatic N) is 3. The molecule has 4 rings (SSSR count). The molecular formula is C24H21ClN4O3. The van der Waals surface area contributed by atoms with Crippen molar-refractivity contribution in [1.82, 2.24) is 20.0 Å². The van der Waals surface area contributed by atoms with Crippen molar-refractivity contribution in [2.75, 3.05) is 13.6 Å². The number of furan rings is 1. The number of halogens is 1. The average Bonchev–Trinajstić information content (AvgIpc) is 3.49. The smallest absolute Gasteiger partial charge is 0.254 e. The van der Waals surface area contributed by atoms with Gasteiger partial charge in [0, 0.05) is 35.9 Å². The van der Waals surface area contributed by atoms with Crippen LogP contribution in [0.25, 0.3) is 16.9 Å². The molecule has 1 N–H and O–H groups in total. The molecule has 0 aliphatic heterocycles. The first-order chi connectivity index (χ1) is 15.5. The third-order valence-corrected chi connectivity index (χ3v) is 5.20. The van der Waals surface area contributed by atoms with Crippen LogP contribution in [0.1, 0.15) is 15.9 Å². The minimum absolute atomic E-state index is 0.121. The Bertz CT molecular complexity index is 1200. The summed E-state index contributed by atoms with van der Waals surface area (Å²) >= 11 is 6.04. The summed E-state index contributed by atoms with van der Waals surface area (Å²) in [6.45, 7) is 0.203. The first-order valence-electron chi connectivity index (χ1n) is 9.95. The zero-order valence-corrected chi connectivity index (χ0v) is 18.1. The Balaban J connectivity index is 1.53. The van der Waals surface area contributed by atoms with Gasteiger partial charge in [-0.05, 0) is 30.3 Å². The van der Waals surface area contributed by atoms with Gasteiger partial charge < -0.3 is 14.6 Å². The van der Waals surface area contributed by atoms with Crippen molar-refractivity contribution in [3.63, 3.8) is 0 Å². The van der Waals surface area contributed by atoms with Crippen molar-refractivity contribution in [1.29, 1.82) is 0 Å². The van der Waals surface area contributed by atoms with Gasteiger partial charge in [-0.1, -0.05) is 41.9 Å². The summed E-state index contributed by atoms with van der Waals surface area (Å²) in [5.74, 6) is -0.587. The standard InChI is InChI=1S/C24H21ClN4O3/c1-28(22(30)13-26-24(31)18-11-12-32-16-18)14-19-15-29(21-5-3-2-4-6-21)27-23(19)17-7-9-20(25)10-8-17/h2-12,15-16H,13-14H2,1H3,(H,26,31). The maximum atomic E-state index is 12.6. The maximum Gasteiger partial charge on any atom is 0.254 e. The number of aromatic nitrogens is 2. The van der Waals surface area contributed by atoms with Gasteiger partial charge in [0.2, 0.25) is 5.91 Å². The lowest BCUT2D eigenvalue weighted by molar-refractivity contribution is -0.129. The van der Waals surface area contributed by atoms with Gasteiger partial charge in [-0.25, -0.2) is 4.68 Å². The number of hydrogen-bond acceptors (Lipinski definition) is 4. The van der Waals surface area contributed by atoms with Crippen LogP contribution in [0.5, 0.6) is 0 Å². The second kappa shape index (κ2) is 9.53. The highest BCUT2D eigenvalue weighted by molar-refractivity contribution is 6.30. The highest BCUT2D eigenvalue weighted by Crippen LogP contribution is 2.26. The fourth-order valence-corrected chi connectivity index (χ4v) is 3.35. The Morgan fingerprint density at radius 3 is 2.53 bits per heavy atom. The minimum atomic E-state index is -0.362. The summed E-state index contributed by atoms with van der Waals surface area (Å²) < 4.78 is 6.69. The van der Waals surface area contributed by atoms with E-state index in [2.05, 4.69) is 5.32 Å². The molecule has 8 heteroatoms. The normalized spacial score (nSPS) is 10.7. The van der Waals surface area contributed by atoms with E-state index in [1.165, 1.54) is 12.5 Å². The fourth-order valence-electron chi connectivity index (χ4n) is 3.22. The third-order valence-electron chi connectivity index (χ3n) is 4.95. The van der Waals surface area contributed by atoms with Gasteiger partial charge in [0.15, 0.2) is 0 Å². The fraction of sp³-hybridized carbons (Fsp3) is 0.125. The molecule has 0 fully saturated rings. The molecule has 2 amide bonds. The van der Waals surface area contributed by atoms with E-state index < -0.39 is 0 Å². The lowest BCUT2D eigenvalue weighted by Crippen LogP contribution is -2.37. The van der Waals surface area contributed by atoms with Crippen LogP contribution in [0.15, 0.2) is 83.8 Å². The Hall–Kier alpha value is -3.84. The molecule has 0 aliphatic rings. The van der Waals surface area contributed by atoms with Crippen LogP contribution in [0, 0.1) is 0 Å². The van der Waals surface area contributed by atoms with Crippen molar-refractivity contribution in [2.24, 2.45) is 0 Å². The van der Waals surface area contributed by atoms with Gasteiger partial charge in [-0.2, -0.15) is 5.10 Å². The molecular weight excluding hydrogens is 428 g/mol. The molecule has 0 saturated carbocycles. The quantitative estimate of drug-likeness (QED) is 0.460. The van der Waals surface area contributed by atoms with Crippen LogP contribution in [0.4, 0.5) is 0 Å². The predicted octanol–water partition coefficient (Wildman–Crippen LogP) is 4.17. The van der Waals surface area contributed by atoms with Crippen LogP contribution in [-0.2, 0) is 11.3 Å². The van der Waals surface area contributed by atoms with Crippen LogP contribution < -0.4 is 5.32 Å². The Labute approximate surface area is 190 Å².